The van der Waals surface area contributed by atoms with E-state index in [1.54, 1.807) is 24.1 Å². The third-order valence-corrected chi connectivity index (χ3v) is 7.59. The monoisotopic (exact) mass is 451 g/mol. The fraction of sp³-hybridized carbons (Fsp3) is 0.250. The van der Waals surface area contributed by atoms with E-state index in [9.17, 15) is 4.79 Å². The Kier molecular flexibility index (Phi) is 3.18. The summed E-state index contributed by atoms with van der Waals surface area (Å²) in [6.45, 7) is 0.181. The first kappa shape index (κ1) is 18.1. The van der Waals surface area contributed by atoms with Crippen LogP contribution in [0.3, 0.4) is 0 Å². The first-order chi connectivity index (χ1) is 16.7. The molecule has 0 amide bonds. The highest BCUT2D eigenvalue weighted by atomic mass is 16.5. The fourth-order valence-corrected chi connectivity index (χ4v) is 5.89. The molecule has 0 unspecified atom stereocenters. The summed E-state index contributed by atoms with van der Waals surface area (Å²) in [5.41, 5.74) is 5.71. The number of hydrogen-bond acceptors (Lipinski definition) is 8. The van der Waals surface area contributed by atoms with E-state index >= 15 is 0 Å². The summed E-state index contributed by atoms with van der Waals surface area (Å²) in [5, 5.41) is 4.31. The first-order valence-corrected chi connectivity index (χ1v) is 11.1. The predicted molar refractivity (Wildman–Crippen MR) is 118 cm³/mol. The molecule has 2 bridgehead atoms. The van der Waals surface area contributed by atoms with Crippen molar-refractivity contribution in [2.24, 2.45) is 18.9 Å². The fourth-order valence-electron chi connectivity index (χ4n) is 5.89. The molecule has 34 heavy (non-hydrogen) atoms. The quantitative estimate of drug-likeness (QED) is 0.400. The third-order valence-electron chi connectivity index (χ3n) is 7.59. The van der Waals surface area contributed by atoms with Gasteiger partial charge in [0.1, 0.15) is 12.9 Å². The number of aromatic nitrogens is 7. The van der Waals surface area contributed by atoms with Gasteiger partial charge in [-0.2, -0.15) is 4.98 Å². The second-order valence-electron chi connectivity index (χ2n) is 9.21. The number of fused-ring (bicyclic) bond motifs is 2. The summed E-state index contributed by atoms with van der Waals surface area (Å²) < 4.78 is 14.1. The number of allylic oxidation sites excluding steroid dienone is 2. The van der Waals surface area contributed by atoms with Crippen LogP contribution in [0.5, 0.6) is 0 Å². The van der Waals surface area contributed by atoms with E-state index in [2.05, 4.69) is 49.4 Å². The van der Waals surface area contributed by atoms with Gasteiger partial charge < -0.3 is 13.5 Å². The van der Waals surface area contributed by atoms with Gasteiger partial charge in [0, 0.05) is 18.5 Å². The van der Waals surface area contributed by atoms with Crippen LogP contribution in [0, 0.1) is 11.8 Å². The molecule has 0 saturated heterocycles. The maximum Gasteiger partial charge on any atom is 0.280 e. The van der Waals surface area contributed by atoms with Crippen LogP contribution < -0.4 is 5.56 Å². The minimum absolute atomic E-state index is 0.0596. The molecule has 0 aliphatic heterocycles. The summed E-state index contributed by atoms with van der Waals surface area (Å²) >= 11 is 0. The van der Waals surface area contributed by atoms with Crippen LogP contribution in [0.1, 0.15) is 23.7 Å². The molecule has 4 heterocycles. The van der Waals surface area contributed by atoms with Crippen molar-refractivity contribution in [2.75, 3.05) is 0 Å². The van der Waals surface area contributed by atoms with Crippen molar-refractivity contribution >= 4 is 16.7 Å². The molecule has 166 valence electrons. The van der Waals surface area contributed by atoms with Gasteiger partial charge in [0.15, 0.2) is 29.1 Å². The van der Waals surface area contributed by atoms with Crippen molar-refractivity contribution in [2.45, 2.75) is 18.4 Å². The summed E-state index contributed by atoms with van der Waals surface area (Å²) in [6.07, 6.45) is 7.25. The molecule has 10 nitrogen and oxygen atoms in total. The highest BCUT2D eigenvalue weighted by molar-refractivity contribution is 5.90. The predicted octanol–water partition coefficient (Wildman–Crippen LogP) is 2.57. The molecule has 10 heteroatoms. The lowest BCUT2D eigenvalue weighted by molar-refractivity contribution is 0.363. The lowest BCUT2D eigenvalue weighted by Gasteiger charge is -2.02. The van der Waals surface area contributed by atoms with Crippen LogP contribution in [-0.2, 0) is 19.0 Å². The molecule has 5 aromatic rings. The summed E-state index contributed by atoms with van der Waals surface area (Å²) in [4.78, 5) is 29.9. The Balaban J connectivity index is 1.08. The van der Waals surface area contributed by atoms with Gasteiger partial charge in [-0.25, -0.2) is 15.0 Å². The first-order valence-electron chi connectivity index (χ1n) is 11.1. The van der Waals surface area contributed by atoms with Gasteiger partial charge in [-0.15, -0.1) is 0 Å². The molecule has 1 aromatic carbocycles. The van der Waals surface area contributed by atoms with Crippen LogP contribution >= 0.6 is 0 Å². The van der Waals surface area contributed by atoms with E-state index in [4.69, 9.17) is 8.94 Å². The van der Waals surface area contributed by atoms with Crippen LogP contribution in [0.15, 0.2) is 68.8 Å². The van der Waals surface area contributed by atoms with Crippen molar-refractivity contribution in [1.82, 2.24) is 34.2 Å². The van der Waals surface area contributed by atoms with Gasteiger partial charge >= 0.3 is 0 Å². The van der Waals surface area contributed by atoms with E-state index in [0.717, 1.165) is 23.6 Å². The van der Waals surface area contributed by atoms with Gasteiger partial charge in [0.25, 0.3) is 5.56 Å². The van der Waals surface area contributed by atoms with Crippen molar-refractivity contribution in [1.29, 1.82) is 0 Å². The molecule has 0 N–H and O–H groups in total. The van der Waals surface area contributed by atoms with Gasteiger partial charge in [0.2, 0.25) is 5.89 Å². The Labute approximate surface area is 191 Å². The zero-order valence-corrected chi connectivity index (χ0v) is 18.0. The zero-order chi connectivity index (χ0) is 22.6. The Hall–Kier alpha value is -4.34. The van der Waals surface area contributed by atoms with Gasteiger partial charge in [-0.3, -0.25) is 9.36 Å². The Bertz CT molecular complexity index is 1710. The number of benzene rings is 1. The number of imidazole rings is 1. The minimum atomic E-state index is -0.183. The molecule has 2 fully saturated rings. The average molecular weight is 451 g/mol. The van der Waals surface area contributed by atoms with Crippen molar-refractivity contribution in [3.8, 4) is 11.3 Å². The second-order valence-corrected chi connectivity index (χ2v) is 9.21. The van der Waals surface area contributed by atoms with Gasteiger partial charge in [0.05, 0.1) is 17.9 Å². The molecule has 4 aromatic heterocycles. The summed E-state index contributed by atoms with van der Waals surface area (Å²) in [7, 11) is 1.77. The van der Waals surface area contributed by atoms with Crippen molar-refractivity contribution in [3.05, 3.63) is 82.7 Å². The van der Waals surface area contributed by atoms with E-state index in [1.165, 1.54) is 34.0 Å². The van der Waals surface area contributed by atoms with E-state index in [1.807, 2.05) is 0 Å². The molecule has 4 aliphatic carbocycles. The largest absolute Gasteiger partial charge is 0.444 e. The highest BCUT2D eigenvalue weighted by Gasteiger charge is 2.89. The standard InChI is InChI=1S/C24H17N7O3/c1-30-9-26-21-20(30)22(32)31(10-27-21)8-17-28-23(29-34-17)24-15-6-14(18(24)19(15)24)12-2-4-13(5-3-12)16-7-25-11-33-16/h2-5,7,9-11,15,19H,6,8H2,1H3/t15-,19-,24+/m1/s1. The number of oxazole rings is 1. The molecule has 3 atom stereocenters. The van der Waals surface area contributed by atoms with Crippen LogP contribution in [-0.4, -0.2) is 34.2 Å². The average Bonchev–Trinajstić information content (AvgIpc) is 3.37. The van der Waals surface area contributed by atoms with E-state index in [0.29, 0.717) is 28.9 Å². The van der Waals surface area contributed by atoms with Crippen LogP contribution in [0.25, 0.3) is 28.1 Å². The maximum atomic E-state index is 12.8. The second kappa shape index (κ2) is 5.96. The Morgan fingerprint density at radius 2 is 1.97 bits per heavy atom. The third kappa shape index (κ3) is 2.15. The summed E-state index contributed by atoms with van der Waals surface area (Å²) in [6, 6.07) is 8.42. The maximum absolute atomic E-state index is 12.8. The number of aryl methyl sites for hydroxylation is 1. The van der Waals surface area contributed by atoms with Crippen LogP contribution in [0.2, 0.25) is 0 Å². The van der Waals surface area contributed by atoms with Gasteiger partial charge in [-0.05, 0) is 29.0 Å². The molecule has 4 aliphatic rings. The van der Waals surface area contributed by atoms with Gasteiger partial charge in [-0.1, -0.05) is 29.4 Å². The lowest BCUT2D eigenvalue weighted by atomic mass is 10.0. The lowest BCUT2D eigenvalue weighted by Crippen LogP contribution is -2.22. The smallest absolute Gasteiger partial charge is 0.280 e. The van der Waals surface area contributed by atoms with Crippen molar-refractivity contribution < 1.29 is 8.94 Å². The molecule has 0 radical (unpaired) electrons. The molecular weight excluding hydrogens is 434 g/mol. The zero-order valence-electron chi connectivity index (χ0n) is 18.0. The molecule has 9 rings (SSSR count). The van der Waals surface area contributed by atoms with E-state index in [-0.39, 0.29) is 17.5 Å². The van der Waals surface area contributed by atoms with Crippen molar-refractivity contribution in [3.63, 3.8) is 0 Å². The van der Waals surface area contributed by atoms with E-state index < -0.39 is 0 Å². The van der Waals surface area contributed by atoms with Crippen LogP contribution in [0.4, 0.5) is 0 Å². The molecular formula is C24H17N7O3. The minimum Gasteiger partial charge on any atom is -0.444 e. The molecule has 0 spiro atoms. The Morgan fingerprint density at radius 1 is 1.15 bits per heavy atom. The normalized spacial score (nSPS) is 24.1. The Morgan fingerprint density at radius 3 is 2.76 bits per heavy atom. The highest BCUT2D eigenvalue weighted by Crippen LogP contribution is 2.90. The topological polar surface area (TPSA) is 118 Å². The SMILES string of the molecule is Cn1cnc2ncn(Cc3nc([C@]45C6=C(c7ccc(-c8cnco8)cc7)C[C@@H]4[C@H]65)no3)c(=O)c21. The number of hydrogen-bond donors (Lipinski definition) is 0. The number of nitrogens with zero attached hydrogens (tertiary/aromatic N) is 7. The summed E-state index contributed by atoms with van der Waals surface area (Å²) in [5.74, 6) is 2.98. The number of rotatable bonds is 5. The molecule has 2 saturated carbocycles.